The van der Waals surface area contributed by atoms with Gasteiger partial charge in [0.25, 0.3) is 0 Å². The van der Waals surface area contributed by atoms with Gasteiger partial charge in [-0.05, 0) is 61.6 Å². The molecule has 0 radical (unpaired) electrons. The number of nitrogen functional groups attached to an aromatic ring is 1. The van der Waals surface area contributed by atoms with E-state index in [4.69, 9.17) is 5.73 Å². The molecule has 1 saturated carbocycles. The van der Waals surface area contributed by atoms with E-state index >= 15 is 0 Å². The van der Waals surface area contributed by atoms with Crippen molar-refractivity contribution in [3.05, 3.63) is 71.0 Å². The molecule has 1 fully saturated rings. The maximum Gasteiger partial charge on any atom is 0.198 e. The van der Waals surface area contributed by atoms with Gasteiger partial charge >= 0.3 is 0 Å². The SMILES string of the molecule is Nc1n[nH]c(-c2ccc(F)cc2)c1C(=O)c1cccc(CCC2(O)CCCC2)c1. The highest BCUT2D eigenvalue weighted by Gasteiger charge is 2.30. The summed E-state index contributed by atoms with van der Waals surface area (Å²) in [7, 11) is 0. The lowest BCUT2D eigenvalue weighted by Gasteiger charge is -2.21. The smallest absolute Gasteiger partial charge is 0.198 e. The Bertz CT molecular complexity index is 1020. The molecule has 2 aromatic carbocycles. The second-order valence-electron chi connectivity index (χ2n) is 7.83. The van der Waals surface area contributed by atoms with Crippen molar-refractivity contribution in [2.75, 3.05) is 5.73 Å². The number of carbonyl (C=O) groups is 1. The number of ketones is 1. The molecule has 4 N–H and O–H groups in total. The van der Waals surface area contributed by atoms with E-state index in [1.807, 2.05) is 18.2 Å². The number of aryl methyl sites for hydroxylation is 1. The molecule has 1 aliphatic rings. The fraction of sp³-hybridized carbons (Fsp3) is 0.304. The zero-order chi connectivity index (χ0) is 20.4. The van der Waals surface area contributed by atoms with Crippen LogP contribution in [0.25, 0.3) is 11.3 Å². The van der Waals surface area contributed by atoms with E-state index < -0.39 is 5.60 Å². The van der Waals surface area contributed by atoms with Crippen LogP contribution in [0.5, 0.6) is 0 Å². The van der Waals surface area contributed by atoms with Crippen molar-refractivity contribution in [3.8, 4) is 11.3 Å². The van der Waals surface area contributed by atoms with Crippen LogP contribution in [0.2, 0.25) is 0 Å². The average molecular weight is 393 g/mol. The summed E-state index contributed by atoms with van der Waals surface area (Å²) in [5, 5.41) is 17.4. The predicted molar refractivity (Wildman–Crippen MR) is 110 cm³/mol. The van der Waals surface area contributed by atoms with Gasteiger partial charge in [0.15, 0.2) is 11.6 Å². The van der Waals surface area contributed by atoms with Gasteiger partial charge in [0.2, 0.25) is 0 Å². The fourth-order valence-corrected chi connectivity index (χ4v) is 4.08. The maximum atomic E-state index is 13.3. The van der Waals surface area contributed by atoms with Crippen LogP contribution in [-0.2, 0) is 6.42 Å². The Kier molecular flexibility index (Phi) is 5.20. The number of nitrogens with zero attached hydrogens (tertiary/aromatic N) is 1. The minimum atomic E-state index is -0.579. The molecule has 0 aliphatic heterocycles. The number of aromatic nitrogens is 2. The predicted octanol–water partition coefficient (Wildman–Crippen LogP) is 4.27. The zero-order valence-corrected chi connectivity index (χ0v) is 16.1. The van der Waals surface area contributed by atoms with Crippen LogP contribution in [0.3, 0.4) is 0 Å². The number of hydrogen-bond acceptors (Lipinski definition) is 4. The summed E-state index contributed by atoms with van der Waals surface area (Å²) in [6.07, 6.45) is 5.24. The van der Waals surface area contributed by atoms with Gasteiger partial charge in [-0.15, -0.1) is 0 Å². The number of H-pyrrole nitrogens is 1. The molecular formula is C23H24FN3O2. The number of hydrogen-bond donors (Lipinski definition) is 3. The zero-order valence-electron chi connectivity index (χ0n) is 16.1. The van der Waals surface area contributed by atoms with E-state index in [9.17, 15) is 14.3 Å². The number of aromatic amines is 1. The molecule has 29 heavy (non-hydrogen) atoms. The van der Waals surface area contributed by atoms with Crippen molar-refractivity contribution in [1.29, 1.82) is 0 Å². The summed E-state index contributed by atoms with van der Waals surface area (Å²) < 4.78 is 13.3. The molecule has 0 amide bonds. The first kappa shape index (κ1) is 19.3. The van der Waals surface area contributed by atoms with E-state index in [1.54, 1.807) is 18.2 Å². The van der Waals surface area contributed by atoms with E-state index in [0.717, 1.165) is 31.2 Å². The number of rotatable bonds is 6. The average Bonchev–Trinajstić information content (AvgIpc) is 3.33. The van der Waals surface area contributed by atoms with Crippen LogP contribution >= 0.6 is 0 Å². The molecular weight excluding hydrogens is 369 g/mol. The van der Waals surface area contributed by atoms with Crippen molar-refractivity contribution in [3.63, 3.8) is 0 Å². The normalized spacial score (nSPS) is 15.5. The van der Waals surface area contributed by atoms with E-state index in [0.29, 0.717) is 29.7 Å². The molecule has 6 heteroatoms. The second-order valence-corrected chi connectivity index (χ2v) is 7.83. The number of nitrogens with two attached hydrogens (primary N) is 1. The van der Waals surface area contributed by atoms with Crippen molar-refractivity contribution < 1.29 is 14.3 Å². The standard InChI is InChI=1S/C23H24FN3O2/c24-18-8-6-16(7-9-18)20-19(22(25)27-26-20)21(28)17-5-3-4-15(14-17)10-13-23(29)11-1-2-12-23/h3-9,14,29H,1-2,10-13H2,(H3,25,26,27). The summed E-state index contributed by atoms with van der Waals surface area (Å²) in [6, 6.07) is 13.2. The highest BCUT2D eigenvalue weighted by Crippen LogP contribution is 2.33. The Morgan fingerprint density at radius 3 is 2.62 bits per heavy atom. The molecule has 0 bridgehead atoms. The highest BCUT2D eigenvalue weighted by atomic mass is 19.1. The Balaban J connectivity index is 1.59. The maximum absolute atomic E-state index is 13.3. The summed E-state index contributed by atoms with van der Waals surface area (Å²) in [5.41, 5.74) is 8.30. The first-order valence-electron chi connectivity index (χ1n) is 9.91. The van der Waals surface area contributed by atoms with Crippen molar-refractivity contribution in [2.45, 2.75) is 44.1 Å². The third kappa shape index (κ3) is 4.07. The summed E-state index contributed by atoms with van der Waals surface area (Å²) in [5.74, 6) is -0.484. The van der Waals surface area contributed by atoms with Crippen LogP contribution in [0, 0.1) is 5.82 Å². The molecule has 4 rings (SSSR count). The number of carbonyl (C=O) groups excluding carboxylic acids is 1. The largest absolute Gasteiger partial charge is 0.390 e. The minimum Gasteiger partial charge on any atom is -0.390 e. The molecule has 0 unspecified atom stereocenters. The van der Waals surface area contributed by atoms with Gasteiger partial charge in [-0.3, -0.25) is 9.89 Å². The number of nitrogens with one attached hydrogen (secondary N) is 1. The quantitative estimate of drug-likeness (QED) is 0.546. The van der Waals surface area contributed by atoms with Gasteiger partial charge < -0.3 is 10.8 Å². The molecule has 0 saturated heterocycles. The van der Waals surface area contributed by atoms with E-state index in [-0.39, 0.29) is 23.0 Å². The van der Waals surface area contributed by atoms with Gasteiger partial charge in [0, 0.05) is 11.1 Å². The number of halogens is 1. The van der Waals surface area contributed by atoms with Gasteiger partial charge in [0.05, 0.1) is 16.9 Å². The van der Waals surface area contributed by atoms with Gasteiger partial charge in [-0.2, -0.15) is 5.10 Å². The summed E-state index contributed by atoms with van der Waals surface area (Å²) in [4.78, 5) is 13.2. The van der Waals surface area contributed by atoms with Crippen LogP contribution in [-0.4, -0.2) is 26.7 Å². The second kappa shape index (κ2) is 7.79. The Hall–Kier alpha value is -2.99. The fourth-order valence-electron chi connectivity index (χ4n) is 4.08. The van der Waals surface area contributed by atoms with Gasteiger partial charge in [0.1, 0.15) is 5.82 Å². The lowest BCUT2D eigenvalue weighted by atomic mass is 9.92. The molecule has 0 atom stereocenters. The Morgan fingerprint density at radius 2 is 1.90 bits per heavy atom. The Morgan fingerprint density at radius 1 is 1.17 bits per heavy atom. The van der Waals surface area contributed by atoms with Gasteiger partial charge in [-0.25, -0.2) is 4.39 Å². The third-order valence-electron chi connectivity index (χ3n) is 5.76. The Labute approximate surface area is 168 Å². The van der Waals surface area contributed by atoms with Crippen LogP contribution in [0.4, 0.5) is 10.2 Å². The monoisotopic (exact) mass is 393 g/mol. The number of aliphatic hydroxyl groups is 1. The molecule has 0 spiro atoms. The first-order valence-corrected chi connectivity index (χ1v) is 9.91. The number of anilines is 1. The van der Waals surface area contributed by atoms with Crippen LogP contribution in [0.1, 0.15) is 53.6 Å². The lowest BCUT2D eigenvalue weighted by molar-refractivity contribution is 0.0391. The summed E-state index contributed by atoms with van der Waals surface area (Å²) >= 11 is 0. The van der Waals surface area contributed by atoms with Gasteiger partial charge in [-0.1, -0.05) is 31.0 Å². The molecule has 1 heterocycles. The lowest BCUT2D eigenvalue weighted by Crippen LogP contribution is -2.24. The first-order chi connectivity index (χ1) is 14.0. The van der Waals surface area contributed by atoms with Crippen LogP contribution in [0.15, 0.2) is 48.5 Å². The minimum absolute atomic E-state index is 0.111. The molecule has 5 nitrogen and oxygen atoms in total. The van der Waals surface area contributed by atoms with Crippen molar-refractivity contribution >= 4 is 11.6 Å². The van der Waals surface area contributed by atoms with Crippen molar-refractivity contribution in [1.82, 2.24) is 10.2 Å². The van der Waals surface area contributed by atoms with E-state index in [1.165, 1.54) is 12.1 Å². The molecule has 150 valence electrons. The molecule has 3 aromatic rings. The highest BCUT2D eigenvalue weighted by molar-refractivity contribution is 6.15. The van der Waals surface area contributed by atoms with E-state index in [2.05, 4.69) is 10.2 Å². The topological polar surface area (TPSA) is 92.0 Å². The van der Waals surface area contributed by atoms with Crippen LogP contribution < -0.4 is 5.73 Å². The molecule has 1 aromatic heterocycles. The molecule has 1 aliphatic carbocycles. The third-order valence-corrected chi connectivity index (χ3v) is 5.76. The summed E-state index contributed by atoms with van der Waals surface area (Å²) in [6.45, 7) is 0. The van der Waals surface area contributed by atoms with Crippen molar-refractivity contribution in [2.24, 2.45) is 0 Å². The number of benzene rings is 2.